The maximum Gasteiger partial charge on any atom is 0.354 e. The van der Waals surface area contributed by atoms with Crippen LogP contribution in [0.4, 0.5) is 5.69 Å². The van der Waals surface area contributed by atoms with Crippen LogP contribution in [0.25, 0.3) is 0 Å². The second-order valence-corrected chi connectivity index (χ2v) is 4.69. The van der Waals surface area contributed by atoms with Crippen LogP contribution in [0.5, 0.6) is 0 Å². The molecule has 0 radical (unpaired) electrons. The third kappa shape index (κ3) is 4.73. The lowest BCUT2D eigenvalue weighted by Gasteiger charge is -2.23. The second-order valence-electron chi connectivity index (χ2n) is 4.69. The zero-order valence-electron chi connectivity index (χ0n) is 12.0. The number of nitrogens with zero attached hydrogens (tertiary/aromatic N) is 1. The van der Waals surface area contributed by atoms with Crippen molar-refractivity contribution < 1.29 is 19.1 Å². The summed E-state index contributed by atoms with van der Waals surface area (Å²) in [6.45, 7) is 1.98. The van der Waals surface area contributed by atoms with E-state index >= 15 is 0 Å². The Morgan fingerprint density at radius 2 is 2.33 bits per heavy atom. The number of halogens is 1. The first-order valence-corrected chi connectivity index (χ1v) is 6.46. The minimum absolute atomic E-state index is 0. The van der Waals surface area contributed by atoms with Gasteiger partial charge in [-0.25, -0.2) is 4.79 Å². The van der Waals surface area contributed by atoms with E-state index in [0.717, 1.165) is 6.54 Å². The minimum atomic E-state index is -0.435. The van der Waals surface area contributed by atoms with Crippen molar-refractivity contribution in [2.75, 3.05) is 32.2 Å². The van der Waals surface area contributed by atoms with Gasteiger partial charge in [-0.15, -0.1) is 12.4 Å². The molecule has 1 aliphatic heterocycles. The molecule has 1 unspecified atom stereocenters. The molecule has 0 spiro atoms. The molecule has 2 rings (SSSR count). The Labute approximate surface area is 129 Å². The Hall–Kier alpha value is -1.57. The molecule has 1 saturated heterocycles. The quantitative estimate of drug-likeness (QED) is 0.793. The van der Waals surface area contributed by atoms with E-state index in [-0.39, 0.29) is 24.4 Å². The summed E-state index contributed by atoms with van der Waals surface area (Å²) in [5.74, 6) is -0.551. The number of rotatable bonds is 4. The lowest BCUT2D eigenvalue weighted by molar-refractivity contribution is -0.117. The highest BCUT2D eigenvalue weighted by atomic mass is 35.5. The fraction of sp³-hybridized carbons (Fsp3) is 0.538. The van der Waals surface area contributed by atoms with E-state index in [1.807, 2.05) is 0 Å². The summed E-state index contributed by atoms with van der Waals surface area (Å²) in [5, 5.41) is 5.98. The third-order valence-corrected chi connectivity index (χ3v) is 3.11. The molecule has 118 valence electrons. The summed E-state index contributed by atoms with van der Waals surface area (Å²) in [6.07, 6.45) is 2.01. The number of carbonyl (C=O) groups is 2. The molecule has 8 heteroatoms. The molecule has 2 N–H and O–H groups in total. The Morgan fingerprint density at radius 1 is 1.57 bits per heavy atom. The number of methoxy groups -OCH3 is 1. The van der Waals surface area contributed by atoms with Gasteiger partial charge in [-0.3, -0.25) is 4.79 Å². The van der Waals surface area contributed by atoms with E-state index in [0.29, 0.717) is 31.0 Å². The van der Waals surface area contributed by atoms with Crippen LogP contribution in [0.1, 0.15) is 16.9 Å². The summed E-state index contributed by atoms with van der Waals surface area (Å²) in [7, 11) is 3.04. The first-order chi connectivity index (χ1) is 9.60. The molecule has 7 nitrogen and oxygen atoms in total. The van der Waals surface area contributed by atoms with Crippen LogP contribution in [0, 0.1) is 0 Å². The SMILES string of the molecule is COC(=O)c1cc(NC(=O)CC2COCCN2)cn1C.Cl. The number of nitrogens with one attached hydrogen (secondary N) is 2. The average Bonchev–Trinajstić information content (AvgIpc) is 2.79. The topological polar surface area (TPSA) is 81.6 Å². The van der Waals surface area contributed by atoms with Crippen molar-refractivity contribution in [3.63, 3.8) is 0 Å². The number of aryl methyl sites for hydroxylation is 1. The number of anilines is 1. The number of hydrogen-bond acceptors (Lipinski definition) is 5. The standard InChI is InChI=1S/C13H19N3O4.ClH/c1-16-7-9(5-11(16)13(18)19-2)15-12(17)6-10-8-20-4-3-14-10;/h5,7,10,14H,3-4,6,8H2,1-2H3,(H,15,17);1H. The average molecular weight is 318 g/mol. The highest BCUT2D eigenvalue weighted by Crippen LogP contribution is 2.14. The largest absolute Gasteiger partial charge is 0.464 e. The van der Waals surface area contributed by atoms with Crippen LogP contribution in [0.2, 0.25) is 0 Å². The van der Waals surface area contributed by atoms with Crippen LogP contribution in [0.15, 0.2) is 12.3 Å². The fourth-order valence-corrected chi connectivity index (χ4v) is 2.13. The van der Waals surface area contributed by atoms with Gasteiger partial charge in [0.15, 0.2) is 0 Å². The molecule has 1 aromatic rings. The van der Waals surface area contributed by atoms with Gasteiger partial charge in [-0.05, 0) is 6.07 Å². The van der Waals surface area contributed by atoms with E-state index < -0.39 is 5.97 Å². The molecule has 21 heavy (non-hydrogen) atoms. The van der Waals surface area contributed by atoms with Gasteiger partial charge in [0, 0.05) is 32.3 Å². The van der Waals surface area contributed by atoms with Gasteiger partial charge in [0.1, 0.15) is 5.69 Å². The predicted molar refractivity (Wildman–Crippen MR) is 79.9 cm³/mol. The van der Waals surface area contributed by atoms with Crippen LogP contribution >= 0.6 is 12.4 Å². The van der Waals surface area contributed by atoms with Crippen molar-refractivity contribution in [1.82, 2.24) is 9.88 Å². The lowest BCUT2D eigenvalue weighted by Crippen LogP contribution is -2.43. The molecule has 0 bridgehead atoms. The Bertz CT molecular complexity index is 498. The van der Waals surface area contributed by atoms with Crippen molar-refractivity contribution >= 4 is 30.0 Å². The number of ether oxygens (including phenoxy) is 2. The molecular formula is C13H20ClN3O4. The summed E-state index contributed by atoms with van der Waals surface area (Å²) < 4.78 is 11.6. The number of aromatic nitrogens is 1. The fourth-order valence-electron chi connectivity index (χ4n) is 2.13. The highest BCUT2D eigenvalue weighted by molar-refractivity contribution is 5.94. The van der Waals surface area contributed by atoms with Gasteiger partial charge < -0.3 is 24.7 Å². The first kappa shape index (κ1) is 17.5. The van der Waals surface area contributed by atoms with Crippen molar-refractivity contribution in [2.45, 2.75) is 12.5 Å². The molecule has 1 amide bonds. The zero-order chi connectivity index (χ0) is 14.5. The molecule has 0 saturated carbocycles. The maximum absolute atomic E-state index is 11.9. The normalized spacial score (nSPS) is 17.7. The third-order valence-electron chi connectivity index (χ3n) is 3.11. The van der Waals surface area contributed by atoms with Gasteiger partial charge in [-0.1, -0.05) is 0 Å². The molecular weight excluding hydrogens is 298 g/mol. The summed E-state index contributed by atoms with van der Waals surface area (Å²) in [5.41, 5.74) is 0.969. The van der Waals surface area contributed by atoms with Gasteiger partial charge >= 0.3 is 5.97 Å². The summed E-state index contributed by atoms with van der Waals surface area (Å²) in [6, 6.07) is 1.63. The number of morpholine rings is 1. The Morgan fingerprint density at radius 3 is 2.95 bits per heavy atom. The van der Waals surface area contributed by atoms with Crippen LogP contribution < -0.4 is 10.6 Å². The molecule has 1 aliphatic rings. The number of hydrogen-bond donors (Lipinski definition) is 2. The van der Waals surface area contributed by atoms with Gasteiger partial charge in [0.05, 0.1) is 26.0 Å². The summed E-state index contributed by atoms with van der Waals surface area (Å²) >= 11 is 0. The first-order valence-electron chi connectivity index (χ1n) is 6.46. The molecule has 1 atom stereocenters. The van der Waals surface area contributed by atoms with Crippen molar-refractivity contribution in [1.29, 1.82) is 0 Å². The van der Waals surface area contributed by atoms with Crippen molar-refractivity contribution in [2.24, 2.45) is 7.05 Å². The Balaban J connectivity index is 0.00000220. The lowest BCUT2D eigenvalue weighted by atomic mass is 10.2. The van der Waals surface area contributed by atoms with E-state index in [2.05, 4.69) is 15.4 Å². The van der Waals surface area contributed by atoms with E-state index in [1.165, 1.54) is 7.11 Å². The number of carbonyl (C=O) groups excluding carboxylic acids is 2. The van der Waals surface area contributed by atoms with E-state index in [4.69, 9.17) is 4.74 Å². The van der Waals surface area contributed by atoms with Crippen LogP contribution in [-0.2, 0) is 21.3 Å². The van der Waals surface area contributed by atoms with Crippen LogP contribution in [0.3, 0.4) is 0 Å². The number of amides is 1. The monoisotopic (exact) mass is 317 g/mol. The van der Waals surface area contributed by atoms with E-state index in [9.17, 15) is 9.59 Å². The number of esters is 1. The predicted octanol–water partition coefficient (Wildman–Crippen LogP) is 0.550. The zero-order valence-corrected chi connectivity index (χ0v) is 12.9. The molecule has 1 aromatic heterocycles. The maximum atomic E-state index is 11.9. The van der Waals surface area contributed by atoms with Gasteiger partial charge in [0.25, 0.3) is 0 Å². The van der Waals surface area contributed by atoms with Gasteiger partial charge in [-0.2, -0.15) is 0 Å². The smallest absolute Gasteiger partial charge is 0.354 e. The van der Waals surface area contributed by atoms with Gasteiger partial charge in [0.2, 0.25) is 5.91 Å². The Kier molecular flexibility index (Phi) is 6.67. The van der Waals surface area contributed by atoms with Crippen molar-refractivity contribution in [3.05, 3.63) is 18.0 Å². The molecule has 1 fully saturated rings. The molecule has 0 aliphatic carbocycles. The molecule has 2 heterocycles. The minimum Gasteiger partial charge on any atom is -0.464 e. The van der Waals surface area contributed by atoms with Crippen LogP contribution in [-0.4, -0.2) is 49.4 Å². The van der Waals surface area contributed by atoms with E-state index in [1.54, 1.807) is 23.9 Å². The van der Waals surface area contributed by atoms with Crippen molar-refractivity contribution in [3.8, 4) is 0 Å². The summed E-state index contributed by atoms with van der Waals surface area (Å²) in [4.78, 5) is 23.4. The second kappa shape index (κ2) is 8.02. The highest BCUT2D eigenvalue weighted by Gasteiger charge is 2.18. The molecule has 0 aromatic carbocycles.